The second kappa shape index (κ2) is 6.49. The average molecular weight is 346 g/mol. The van der Waals surface area contributed by atoms with Crippen LogP contribution in [0, 0.1) is 0 Å². The molecule has 0 amide bonds. The third kappa shape index (κ3) is 4.62. The highest BCUT2D eigenvalue weighted by Crippen LogP contribution is 2.31. The topological polar surface area (TPSA) is 52.6 Å². The summed E-state index contributed by atoms with van der Waals surface area (Å²) in [7, 11) is -2.78. The van der Waals surface area contributed by atoms with Crippen LogP contribution in [0.1, 0.15) is 11.1 Å². The van der Waals surface area contributed by atoms with E-state index >= 15 is 0 Å². The molecule has 0 atom stereocenters. The molecule has 0 radical (unpaired) electrons. The highest BCUT2D eigenvalue weighted by Gasteiger charge is 2.30. The van der Waals surface area contributed by atoms with Crippen molar-refractivity contribution in [3.8, 4) is 11.5 Å². The third-order valence-electron chi connectivity index (χ3n) is 2.88. The van der Waals surface area contributed by atoms with E-state index in [0.29, 0.717) is 0 Å². The Labute approximate surface area is 131 Å². The lowest BCUT2D eigenvalue weighted by molar-refractivity contribution is -0.137. The molecule has 124 valence electrons. The molecular formula is C15H13F3O4S. The van der Waals surface area contributed by atoms with Gasteiger partial charge in [0, 0.05) is 0 Å². The van der Waals surface area contributed by atoms with Crippen molar-refractivity contribution in [2.75, 3.05) is 7.11 Å². The van der Waals surface area contributed by atoms with E-state index in [-0.39, 0.29) is 17.1 Å². The van der Waals surface area contributed by atoms with Crippen molar-refractivity contribution in [3.05, 3.63) is 59.7 Å². The van der Waals surface area contributed by atoms with Crippen LogP contribution in [0.3, 0.4) is 0 Å². The number of benzene rings is 2. The molecule has 2 aromatic rings. The van der Waals surface area contributed by atoms with Gasteiger partial charge in [-0.15, -0.1) is 0 Å². The minimum absolute atomic E-state index is 0.0188. The first-order chi connectivity index (χ1) is 10.7. The Morgan fingerprint density at radius 1 is 1.00 bits per heavy atom. The van der Waals surface area contributed by atoms with Crippen LogP contribution in [0.5, 0.6) is 11.5 Å². The van der Waals surface area contributed by atoms with E-state index < -0.39 is 27.6 Å². The van der Waals surface area contributed by atoms with E-state index in [1.54, 1.807) is 12.1 Å². The number of halogens is 3. The molecule has 2 rings (SSSR count). The molecule has 0 spiro atoms. The first kappa shape index (κ1) is 17.1. The van der Waals surface area contributed by atoms with Gasteiger partial charge in [-0.05, 0) is 23.8 Å². The van der Waals surface area contributed by atoms with E-state index in [1.807, 2.05) is 0 Å². The van der Waals surface area contributed by atoms with Crippen LogP contribution >= 0.6 is 0 Å². The molecule has 0 heterocycles. The van der Waals surface area contributed by atoms with Crippen LogP contribution in [0.2, 0.25) is 0 Å². The van der Waals surface area contributed by atoms with Crippen molar-refractivity contribution >= 4 is 10.1 Å². The summed E-state index contributed by atoms with van der Waals surface area (Å²) in [5.74, 6) is -0.503. The minimum Gasteiger partial charge on any atom is -0.493 e. The number of hydrogen-bond donors (Lipinski definition) is 0. The van der Waals surface area contributed by atoms with Gasteiger partial charge in [0.1, 0.15) is 5.75 Å². The number of methoxy groups -OCH3 is 1. The Hall–Kier alpha value is -2.22. The minimum atomic E-state index is -4.54. The van der Waals surface area contributed by atoms with Gasteiger partial charge in [0.15, 0.2) is 11.5 Å². The average Bonchev–Trinajstić information content (AvgIpc) is 2.46. The maximum absolute atomic E-state index is 12.6. The maximum Gasteiger partial charge on any atom is 0.416 e. The van der Waals surface area contributed by atoms with Crippen LogP contribution in [-0.2, 0) is 22.0 Å². The van der Waals surface area contributed by atoms with Crippen LogP contribution < -0.4 is 8.92 Å². The van der Waals surface area contributed by atoms with Crippen LogP contribution in [0.4, 0.5) is 13.2 Å². The van der Waals surface area contributed by atoms with Crippen LogP contribution in [0.15, 0.2) is 48.5 Å². The van der Waals surface area contributed by atoms with Gasteiger partial charge in [-0.3, -0.25) is 0 Å². The van der Waals surface area contributed by atoms with Gasteiger partial charge in [-0.25, -0.2) is 0 Å². The van der Waals surface area contributed by atoms with E-state index in [2.05, 4.69) is 0 Å². The lowest BCUT2D eigenvalue weighted by atomic mass is 10.1. The standard InChI is InChI=1S/C15H13F3O4S/c1-21-13-7-2-3-8-14(13)22-23(19,20)10-11-5-4-6-12(9-11)15(16,17)18/h2-9H,10H2,1H3. The fraction of sp³-hybridized carbons (Fsp3) is 0.200. The zero-order valence-corrected chi connectivity index (χ0v) is 12.8. The van der Waals surface area contributed by atoms with Crippen LogP contribution in [0.25, 0.3) is 0 Å². The van der Waals surface area contributed by atoms with Crippen molar-refractivity contribution in [3.63, 3.8) is 0 Å². The normalized spacial score (nSPS) is 12.0. The van der Waals surface area contributed by atoms with E-state index in [1.165, 1.54) is 25.3 Å². The zero-order chi connectivity index (χ0) is 17.1. The van der Waals surface area contributed by atoms with Crippen molar-refractivity contribution in [2.45, 2.75) is 11.9 Å². The summed E-state index contributed by atoms with van der Waals surface area (Å²) >= 11 is 0. The molecule has 0 aliphatic heterocycles. The van der Waals surface area contributed by atoms with Gasteiger partial charge in [0.2, 0.25) is 0 Å². The summed E-state index contributed by atoms with van der Waals surface area (Å²) in [5.41, 5.74) is -0.933. The molecule has 0 aromatic heterocycles. The molecule has 0 aliphatic carbocycles. The monoisotopic (exact) mass is 346 g/mol. The summed E-state index contributed by atoms with van der Waals surface area (Å²) < 4.78 is 71.9. The first-order valence-electron chi connectivity index (χ1n) is 6.42. The van der Waals surface area contributed by atoms with Crippen molar-refractivity contribution < 1.29 is 30.5 Å². The molecule has 8 heteroatoms. The molecule has 0 unspecified atom stereocenters. The highest BCUT2D eigenvalue weighted by atomic mass is 32.2. The molecule has 0 aliphatic rings. The fourth-order valence-electron chi connectivity index (χ4n) is 1.90. The summed E-state index contributed by atoms with van der Waals surface area (Å²) in [4.78, 5) is 0. The Bertz CT molecular complexity index is 785. The molecule has 0 saturated carbocycles. The highest BCUT2D eigenvalue weighted by molar-refractivity contribution is 7.86. The summed E-state index contributed by atoms with van der Waals surface area (Å²) in [5, 5.41) is 0. The maximum atomic E-state index is 12.6. The summed E-state index contributed by atoms with van der Waals surface area (Å²) in [6.45, 7) is 0. The quantitative estimate of drug-likeness (QED) is 0.776. The summed E-state index contributed by atoms with van der Waals surface area (Å²) in [6.07, 6.45) is -4.54. The zero-order valence-electron chi connectivity index (χ0n) is 12.0. The molecule has 0 saturated heterocycles. The molecule has 0 fully saturated rings. The van der Waals surface area contributed by atoms with Gasteiger partial charge in [-0.1, -0.05) is 30.3 Å². The molecule has 0 bridgehead atoms. The van der Waals surface area contributed by atoms with E-state index in [9.17, 15) is 21.6 Å². The third-order valence-corrected chi connectivity index (χ3v) is 4.00. The predicted molar refractivity (Wildman–Crippen MR) is 77.7 cm³/mol. The fourth-order valence-corrected chi connectivity index (χ4v) is 2.95. The van der Waals surface area contributed by atoms with E-state index in [0.717, 1.165) is 18.2 Å². The van der Waals surface area contributed by atoms with Crippen molar-refractivity contribution in [1.82, 2.24) is 0 Å². The van der Waals surface area contributed by atoms with E-state index in [4.69, 9.17) is 8.92 Å². The Balaban J connectivity index is 2.22. The molecular weight excluding hydrogens is 333 g/mol. The van der Waals surface area contributed by atoms with Gasteiger partial charge >= 0.3 is 16.3 Å². The number of para-hydroxylation sites is 2. The second-order valence-corrected chi connectivity index (χ2v) is 6.21. The first-order valence-corrected chi connectivity index (χ1v) is 8.00. The van der Waals surface area contributed by atoms with Crippen molar-refractivity contribution in [1.29, 1.82) is 0 Å². The lowest BCUT2D eigenvalue weighted by Gasteiger charge is -2.11. The SMILES string of the molecule is COc1ccccc1OS(=O)(=O)Cc1cccc(C(F)(F)F)c1. The summed E-state index contributed by atoms with van der Waals surface area (Å²) in [6, 6.07) is 10.2. The smallest absolute Gasteiger partial charge is 0.416 e. The lowest BCUT2D eigenvalue weighted by Crippen LogP contribution is -2.13. The number of alkyl halides is 3. The van der Waals surface area contributed by atoms with Crippen molar-refractivity contribution in [2.24, 2.45) is 0 Å². The largest absolute Gasteiger partial charge is 0.493 e. The van der Waals surface area contributed by atoms with Gasteiger partial charge in [-0.2, -0.15) is 21.6 Å². The Morgan fingerprint density at radius 3 is 2.26 bits per heavy atom. The van der Waals surface area contributed by atoms with Crippen LogP contribution in [-0.4, -0.2) is 15.5 Å². The van der Waals surface area contributed by atoms with Gasteiger partial charge < -0.3 is 8.92 Å². The van der Waals surface area contributed by atoms with Gasteiger partial charge in [0.05, 0.1) is 12.7 Å². The molecule has 0 N–H and O–H groups in total. The number of hydrogen-bond acceptors (Lipinski definition) is 4. The number of ether oxygens (including phenoxy) is 1. The molecule has 4 nitrogen and oxygen atoms in total. The number of rotatable bonds is 5. The Kier molecular flexibility index (Phi) is 4.84. The van der Waals surface area contributed by atoms with Gasteiger partial charge in [0.25, 0.3) is 0 Å². The molecule has 23 heavy (non-hydrogen) atoms. The predicted octanol–water partition coefficient (Wildman–Crippen LogP) is 3.62. The second-order valence-electron chi connectivity index (χ2n) is 4.63. The molecule has 2 aromatic carbocycles. The Morgan fingerprint density at radius 2 is 1.65 bits per heavy atom.